The maximum Gasteiger partial charge on any atom is 0.336 e. The van der Waals surface area contributed by atoms with Gasteiger partial charge < -0.3 is 82.1 Å². The fourth-order valence-corrected chi connectivity index (χ4v) is 12.2. The Morgan fingerprint density at radius 3 is 2.08 bits per heavy atom. The average molecular weight is 1230 g/mol. The Morgan fingerprint density at radius 2 is 1.45 bits per heavy atom. The van der Waals surface area contributed by atoms with Crippen LogP contribution in [0.3, 0.4) is 0 Å². The third-order valence-electron chi connectivity index (χ3n) is 15.6. The number of nitrogens with one attached hydrogen (secondary N) is 8. The first kappa shape index (κ1) is 62.9. The highest BCUT2D eigenvalue weighted by atomic mass is 32.2. The molecule has 1 saturated heterocycles. The molecule has 2 bridgehead atoms. The summed E-state index contributed by atoms with van der Waals surface area (Å²) in [5.74, 6) is -6.77. The summed E-state index contributed by atoms with van der Waals surface area (Å²) in [4.78, 5) is 126. The summed E-state index contributed by atoms with van der Waals surface area (Å²) in [6.07, 6.45) is 0.804. The highest BCUT2D eigenvalue weighted by Gasteiger charge is 2.44. The van der Waals surface area contributed by atoms with Crippen LogP contribution in [0.4, 0.5) is 11.4 Å². The van der Waals surface area contributed by atoms with Crippen molar-refractivity contribution in [3.8, 4) is 11.5 Å². The number of hydrogen-bond donors (Lipinski definition) is 12. The summed E-state index contributed by atoms with van der Waals surface area (Å²) in [5.41, 5.74) is 3.22. The van der Waals surface area contributed by atoms with Gasteiger partial charge in [0.2, 0.25) is 41.4 Å². The number of rotatable bonds is 8. The SMILES string of the molecule is C[C@@H]1NC(=O)[C@H](C[C@@](C)(O)CNC(=S)N=C2C=CC(=C3c4ccc(N(C)C)cc4Oc4cc(N(C)C)ccc43)C(C(=O)O)=C2)NC(=O)[C@@H]2Cc3c([nH]c4ccccc34)SC[C@H](NC(=O)[C@@H]([C@H](C)O)NC1=O)C(=O)N1C[C@@H](O)C[C@H]1C(=O)N[C@@H](C)C(=O)N2. The Bertz CT molecular complexity index is 3550. The van der Waals surface area contributed by atoms with Gasteiger partial charge >= 0.3 is 5.97 Å². The number of fused-ring (bicyclic) bond motifs is 7. The van der Waals surface area contributed by atoms with E-state index in [1.807, 2.05) is 74.4 Å². The number of para-hydroxylation sites is 1. The van der Waals surface area contributed by atoms with Crippen molar-refractivity contribution >= 4 is 110 Å². The van der Waals surface area contributed by atoms with Crippen LogP contribution in [0.5, 0.6) is 11.5 Å². The molecule has 10 atom stereocenters. The fourth-order valence-electron chi connectivity index (χ4n) is 10.9. The number of carbonyl (C=O) groups is 8. The molecule has 0 unspecified atom stereocenters. The second kappa shape index (κ2) is 25.8. The van der Waals surface area contributed by atoms with E-state index in [9.17, 15) is 58.8 Å². The third kappa shape index (κ3) is 14.0. The largest absolute Gasteiger partial charge is 0.478 e. The number of ether oxygens (including phenoxy) is 1. The first-order chi connectivity index (χ1) is 41.2. The fraction of sp³-hybridized carbons (Fsp3) is 0.400. The molecular weight excluding hydrogens is 1160 g/mol. The number of thioether (sulfide) groups is 1. The topological polar surface area (TPSA) is 349 Å². The molecule has 5 heterocycles. The lowest BCUT2D eigenvalue weighted by molar-refractivity contribution is -0.142. The van der Waals surface area contributed by atoms with Crippen LogP contribution >= 0.6 is 24.0 Å². The van der Waals surface area contributed by atoms with Gasteiger partial charge in [-0.1, -0.05) is 24.3 Å². The second-order valence-electron chi connectivity index (χ2n) is 22.9. The highest BCUT2D eigenvalue weighted by Crippen LogP contribution is 2.49. The van der Waals surface area contributed by atoms with Crippen LogP contribution in [0.15, 0.2) is 100 Å². The van der Waals surface area contributed by atoms with Gasteiger partial charge in [0.15, 0.2) is 5.11 Å². The van der Waals surface area contributed by atoms with Crippen LogP contribution in [0.2, 0.25) is 0 Å². The number of nitrogens with zero attached hydrogens (tertiary/aromatic N) is 4. The Balaban J connectivity index is 1.02. The molecule has 1 fully saturated rings. The number of aliphatic carboxylic acids is 1. The van der Waals surface area contributed by atoms with Crippen molar-refractivity contribution in [2.75, 3.05) is 56.8 Å². The minimum atomic E-state index is -1.96. The first-order valence-electron chi connectivity index (χ1n) is 28.2. The molecule has 0 saturated carbocycles. The lowest BCUT2D eigenvalue weighted by atomic mass is 9.84. The molecule has 5 aliphatic rings. The van der Waals surface area contributed by atoms with Crippen molar-refractivity contribution in [3.05, 3.63) is 107 Å². The number of H-pyrrole nitrogens is 1. The maximum atomic E-state index is 15.0. The molecule has 1 aliphatic carbocycles. The number of carbonyl (C=O) groups excluding carboxylic acids is 7. The molecule has 4 aromatic rings. The predicted molar refractivity (Wildman–Crippen MR) is 329 cm³/mol. The van der Waals surface area contributed by atoms with Gasteiger partial charge in [-0.25, -0.2) is 9.79 Å². The lowest BCUT2D eigenvalue weighted by Gasteiger charge is -2.31. The number of aromatic nitrogens is 1. The van der Waals surface area contributed by atoms with Crippen LogP contribution in [0.25, 0.3) is 16.5 Å². The molecule has 12 N–H and O–H groups in total. The van der Waals surface area contributed by atoms with E-state index in [-0.39, 0.29) is 41.5 Å². The zero-order chi connectivity index (χ0) is 62.9. The van der Waals surface area contributed by atoms with E-state index < -0.39 is 120 Å². The maximum absolute atomic E-state index is 15.0. The van der Waals surface area contributed by atoms with Gasteiger partial charge in [-0.3, -0.25) is 33.6 Å². The Kier molecular flexibility index (Phi) is 18.6. The highest BCUT2D eigenvalue weighted by molar-refractivity contribution is 7.99. The number of aliphatic hydroxyl groups is 3. The standard InChI is InChI=1S/C60H70N12O13S2/c1-28-50(75)65-42-23-39-35-11-9-10-12-41(35)68-56(39)87-26-44(57(81)72-25-34(74)22-45(72)54(79)63-28)67-55(80)49(30(3)73)69-51(76)29(2)62-53(78)43(66-52(42)77)24-60(4,84)27-61-59(86)64-31-13-16-36(40(19-31)58(82)83)48-37-17-14-32(70(5)6)20-46(37)85-47-21-33(71(7)8)15-18-38(47)48/h9-21,28-30,34,42-45,49,68,73-74,84H,22-27H2,1-8H3,(H,61,86)(H,62,78)(H,63,79)(H,65,75)(H,66,77)(H,67,80)(H,69,76)(H,82,83)/t28-,29-,30-,34-,42-,43-,44-,45-,49+,60+/m0/s1. The molecule has 4 aliphatic heterocycles. The van der Waals surface area contributed by atoms with Crippen molar-refractivity contribution in [2.45, 2.75) is 112 Å². The molecule has 460 valence electrons. The molecule has 25 nitrogen and oxygen atoms in total. The normalized spacial score (nSPS) is 25.3. The molecule has 0 radical (unpaired) electrons. The van der Waals surface area contributed by atoms with Crippen LogP contribution in [-0.2, 0) is 44.8 Å². The number of carboxylic acid groups (broad SMARTS) is 1. The Labute approximate surface area is 510 Å². The van der Waals surface area contributed by atoms with E-state index in [4.69, 9.17) is 17.0 Å². The summed E-state index contributed by atoms with van der Waals surface area (Å²) < 4.78 is 6.45. The molecule has 27 heteroatoms. The zero-order valence-electron chi connectivity index (χ0n) is 49.0. The summed E-state index contributed by atoms with van der Waals surface area (Å²) in [6.45, 7) is 4.47. The smallest absolute Gasteiger partial charge is 0.336 e. The van der Waals surface area contributed by atoms with E-state index in [1.165, 1.54) is 33.8 Å². The third-order valence-corrected chi connectivity index (χ3v) is 17.0. The molecule has 0 spiro atoms. The van der Waals surface area contributed by atoms with E-state index in [0.29, 0.717) is 55.3 Å². The van der Waals surface area contributed by atoms with E-state index in [1.54, 1.807) is 36.4 Å². The van der Waals surface area contributed by atoms with Crippen LogP contribution in [-0.4, -0.2) is 196 Å². The zero-order valence-corrected chi connectivity index (χ0v) is 50.6. The average Bonchev–Trinajstić information content (AvgIpc) is 1.44. The van der Waals surface area contributed by atoms with E-state index >= 15 is 0 Å². The lowest BCUT2D eigenvalue weighted by Crippen LogP contribution is -2.62. The molecule has 9 rings (SSSR count). The van der Waals surface area contributed by atoms with Gasteiger partial charge in [-0.2, -0.15) is 0 Å². The number of thiocarbonyl (C=S) groups is 1. The van der Waals surface area contributed by atoms with E-state index in [2.05, 4.69) is 47.2 Å². The van der Waals surface area contributed by atoms with Gasteiger partial charge in [-0.15, -0.1) is 11.8 Å². The van der Waals surface area contributed by atoms with Crippen LogP contribution in [0.1, 0.15) is 57.2 Å². The van der Waals surface area contributed by atoms with Gasteiger partial charge in [-0.05, 0) is 93.5 Å². The predicted octanol–water partition coefficient (Wildman–Crippen LogP) is 0.898. The van der Waals surface area contributed by atoms with Crippen LogP contribution in [0, 0.1) is 0 Å². The molecular formula is C60H70N12O13S2. The monoisotopic (exact) mass is 1230 g/mol. The van der Waals surface area contributed by atoms with Gasteiger partial charge in [0.05, 0.1) is 34.1 Å². The first-order valence-corrected chi connectivity index (χ1v) is 29.6. The van der Waals surface area contributed by atoms with Crippen LogP contribution < -0.4 is 51.8 Å². The number of allylic oxidation sites excluding steroid dienone is 3. The minimum Gasteiger partial charge on any atom is -0.478 e. The van der Waals surface area contributed by atoms with Crippen molar-refractivity contribution in [2.24, 2.45) is 4.99 Å². The Hall–Kier alpha value is -8.63. The van der Waals surface area contributed by atoms with Crippen molar-refractivity contribution in [3.63, 3.8) is 0 Å². The number of aliphatic hydroxyl groups excluding tert-OH is 2. The summed E-state index contributed by atoms with van der Waals surface area (Å²) in [7, 11) is 7.60. The van der Waals surface area contributed by atoms with E-state index in [0.717, 1.165) is 28.0 Å². The second-order valence-corrected chi connectivity index (χ2v) is 24.3. The number of anilines is 2. The molecule has 87 heavy (non-hydrogen) atoms. The molecule has 1 aromatic heterocycles. The van der Waals surface area contributed by atoms with Gasteiger partial charge in [0.25, 0.3) is 0 Å². The Morgan fingerprint density at radius 1 is 0.828 bits per heavy atom. The quantitative estimate of drug-likeness (QED) is 0.0960. The number of aromatic amines is 1. The number of hydrogen-bond acceptors (Lipinski definition) is 16. The van der Waals surface area contributed by atoms with Crippen molar-refractivity contribution in [1.29, 1.82) is 0 Å². The number of aliphatic imine (C=N–C) groups is 1. The van der Waals surface area contributed by atoms with Crippen molar-refractivity contribution < 1.29 is 63.5 Å². The van der Waals surface area contributed by atoms with Gasteiger partial charge in [0, 0.05) is 117 Å². The minimum absolute atomic E-state index is 0.0992. The number of carboxylic acids is 1. The van der Waals surface area contributed by atoms with Gasteiger partial charge in [0.1, 0.15) is 53.8 Å². The number of benzene rings is 3. The number of amides is 7. The summed E-state index contributed by atoms with van der Waals surface area (Å²) in [5, 5.41) is 63.9. The van der Waals surface area contributed by atoms with Crippen molar-refractivity contribution in [1.82, 2.24) is 47.1 Å². The molecule has 7 amide bonds. The molecule has 3 aromatic carbocycles. The summed E-state index contributed by atoms with van der Waals surface area (Å²) >= 11 is 6.68. The summed E-state index contributed by atoms with van der Waals surface area (Å²) in [6, 6.07) is 7.91.